The number of nitrogens with zero attached hydrogens (tertiary/aromatic N) is 2. The Bertz CT molecular complexity index is 655. The molecule has 0 N–H and O–H groups in total. The average molecular weight is 326 g/mol. The zero-order chi connectivity index (χ0) is 16.1. The van der Waals surface area contributed by atoms with Gasteiger partial charge in [-0.2, -0.15) is 0 Å². The van der Waals surface area contributed by atoms with Crippen LogP contribution in [-0.2, 0) is 6.42 Å². The Morgan fingerprint density at radius 1 is 1.12 bits per heavy atom. The fraction of sp³-hybridized carbons (Fsp3) is 0.650. The van der Waals surface area contributed by atoms with Crippen LogP contribution < -0.4 is 4.74 Å². The van der Waals surface area contributed by atoms with E-state index in [1.165, 1.54) is 44.3 Å². The second-order valence-corrected chi connectivity index (χ2v) is 8.13. The van der Waals surface area contributed by atoms with Crippen molar-refractivity contribution in [2.24, 2.45) is 11.8 Å². The molecule has 0 radical (unpaired) electrons. The molecule has 128 valence electrons. The highest BCUT2D eigenvalue weighted by Crippen LogP contribution is 2.35. The molecule has 24 heavy (non-hydrogen) atoms. The number of benzene rings is 1. The third-order valence-electron chi connectivity index (χ3n) is 6.24. The standard InChI is InChI=1S/C20H26N2O2/c23-20(17-4-6-19-16(9-17)7-8-24-19)22-12-15-3-5-18(13-22)21(11-15)10-14-1-2-14/h4,6,9,14-15,18H,1-3,5,7-8,10-13H2/t15-,18-/m0/s1. The van der Waals surface area contributed by atoms with Gasteiger partial charge in [0.25, 0.3) is 5.91 Å². The van der Waals surface area contributed by atoms with E-state index in [0.29, 0.717) is 12.0 Å². The second-order valence-electron chi connectivity index (χ2n) is 8.13. The summed E-state index contributed by atoms with van der Waals surface area (Å²) in [6, 6.07) is 6.55. The Kier molecular flexibility index (Phi) is 3.55. The van der Waals surface area contributed by atoms with E-state index in [0.717, 1.165) is 43.3 Å². The highest BCUT2D eigenvalue weighted by atomic mass is 16.5. The first-order valence-electron chi connectivity index (χ1n) is 9.55. The molecule has 6 rings (SSSR count). The quantitative estimate of drug-likeness (QED) is 0.856. The van der Waals surface area contributed by atoms with Crippen LogP contribution >= 0.6 is 0 Å². The summed E-state index contributed by atoms with van der Waals surface area (Å²) in [6.07, 6.45) is 6.30. The lowest BCUT2D eigenvalue weighted by Gasteiger charge is -2.36. The molecule has 0 unspecified atom stereocenters. The first-order chi connectivity index (χ1) is 11.8. The van der Waals surface area contributed by atoms with Gasteiger partial charge in [-0.1, -0.05) is 0 Å². The summed E-state index contributed by atoms with van der Waals surface area (Å²) in [5.74, 6) is 2.77. The molecule has 4 fully saturated rings. The molecule has 0 aromatic heterocycles. The van der Waals surface area contributed by atoms with Crippen LogP contribution in [0.4, 0.5) is 0 Å². The maximum atomic E-state index is 13.1. The van der Waals surface area contributed by atoms with Gasteiger partial charge in [0, 0.05) is 44.2 Å². The molecule has 1 saturated carbocycles. The Morgan fingerprint density at radius 2 is 2.04 bits per heavy atom. The molecule has 1 aliphatic carbocycles. The van der Waals surface area contributed by atoms with Crippen molar-refractivity contribution in [2.75, 3.05) is 32.8 Å². The second kappa shape index (κ2) is 5.76. The number of amides is 1. The summed E-state index contributed by atoms with van der Waals surface area (Å²) in [5.41, 5.74) is 2.03. The van der Waals surface area contributed by atoms with Crippen molar-refractivity contribution in [3.05, 3.63) is 29.3 Å². The van der Waals surface area contributed by atoms with Crippen molar-refractivity contribution < 1.29 is 9.53 Å². The van der Waals surface area contributed by atoms with Gasteiger partial charge in [-0.25, -0.2) is 0 Å². The zero-order valence-electron chi connectivity index (χ0n) is 14.2. The van der Waals surface area contributed by atoms with Gasteiger partial charge in [0.1, 0.15) is 5.75 Å². The van der Waals surface area contributed by atoms with Crippen LogP contribution in [-0.4, -0.2) is 54.5 Å². The summed E-state index contributed by atoms with van der Waals surface area (Å²) in [6.45, 7) is 5.05. The predicted octanol–water partition coefficient (Wildman–Crippen LogP) is 2.57. The van der Waals surface area contributed by atoms with E-state index in [4.69, 9.17) is 4.74 Å². The lowest BCUT2D eigenvalue weighted by Crippen LogP contribution is -2.45. The number of fused-ring (bicyclic) bond motifs is 5. The van der Waals surface area contributed by atoms with Gasteiger partial charge in [-0.3, -0.25) is 9.69 Å². The minimum absolute atomic E-state index is 0.217. The Labute approximate surface area is 143 Å². The molecule has 4 nitrogen and oxygen atoms in total. The first kappa shape index (κ1) is 14.8. The van der Waals surface area contributed by atoms with E-state index >= 15 is 0 Å². The number of hydrogen-bond acceptors (Lipinski definition) is 3. The van der Waals surface area contributed by atoms with Crippen LogP contribution in [0.3, 0.4) is 0 Å². The van der Waals surface area contributed by atoms with Gasteiger partial charge in [0.05, 0.1) is 6.61 Å². The third-order valence-corrected chi connectivity index (χ3v) is 6.24. The van der Waals surface area contributed by atoms with Crippen molar-refractivity contribution in [1.29, 1.82) is 0 Å². The van der Waals surface area contributed by atoms with Crippen LogP contribution in [0.2, 0.25) is 0 Å². The molecule has 4 heteroatoms. The Hall–Kier alpha value is -1.55. The predicted molar refractivity (Wildman–Crippen MR) is 92.4 cm³/mol. The summed E-state index contributed by atoms with van der Waals surface area (Å²) in [5, 5.41) is 0. The molecule has 0 spiro atoms. The van der Waals surface area contributed by atoms with Crippen LogP contribution in [0.15, 0.2) is 18.2 Å². The van der Waals surface area contributed by atoms with E-state index in [9.17, 15) is 4.79 Å². The molecule has 4 heterocycles. The van der Waals surface area contributed by atoms with E-state index in [1.54, 1.807) is 0 Å². The summed E-state index contributed by atoms with van der Waals surface area (Å²) in [4.78, 5) is 17.9. The molecule has 3 saturated heterocycles. The first-order valence-corrected chi connectivity index (χ1v) is 9.55. The Balaban J connectivity index is 1.34. The van der Waals surface area contributed by atoms with Crippen molar-refractivity contribution in [1.82, 2.24) is 9.80 Å². The summed E-state index contributed by atoms with van der Waals surface area (Å²) >= 11 is 0. The highest BCUT2D eigenvalue weighted by molar-refractivity contribution is 5.94. The third kappa shape index (κ3) is 2.71. The number of piperidine rings is 1. The van der Waals surface area contributed by atoms with Crippen molar-refractivity contribution in [3.63, 3.8) is 0 Å². The summed E-state index contributed by atoms with van der Waals surface area (Å²) in [7, 11) is 0. The lowest BCUT2D eigenvalue weighted by atomic mass is 9.95. The van der Waals surface area contributed by atoms with Gasteiger partial charge in [0.15, 0.2) is 0 Å². The topological polar surface area (TPSA) is 32.8 Å². The van der Waals surface area contributed by atoms with Crippen LogP contribution in [0.25, 0.3) is 0 Å². The fourth-order valence-electron chi connectivity index (χ4n) is 4.70. The normalized spacial score (nSPS) is 29.2. The van der Waals surface area contributed by atoms with E-state index in [1.807, 2.05) is 12.1 Å². The van der Waals surface area contributed by atoms with Gasteiger partial charge in [-0.15, -0.1) is 0 Å². The maximum Gasteiger partial charge on any atom is 0.253 e. The minimum atomic E-state index is 0.217. The van der Waals surface area contributed by atoms with Gasteiger partial charge >= 0.3 is 0 Å². The van der Waals surface area contributed by atoms with Crippen molar-refractivity contribution >= 4 is 5.91 Å². The largest absolute Gasteiger partial charge is 0.493 e. The highest BCUT2D eigenvalue weighted by Gasteiger charge is 2.38. The van der Waals surface area contributed by atoms with Crippen LogP contribution in [0, 0.1) is 11.8 Å². The van der Waals surface area contributed by atoms with Gasteiger partial charge in [0.2, 0.25) is 0 Å². The van der Waals surface area contributed by atoms with E-state index in [-0.39, 0.29) is 5.91 Å². The smallest absolute Gasteiger partial charge is 0.253 e. The molecule has 4 aliphatic heterocycles. The van der Waals surface area contributed by atoms with E-state index < -0.39 is 0 Å². The maximum absolute atomic E-state index is 13.1. The van der Waals surface area contributed by atoms with Crippen molar-refractivity contribution in [3.8, 4) is 5.75 Å². The zero-order valence-corrected chi connectivity index (χ0v) is 14.2. The van der Waals surface area contributed by atoms with Crippen LogP contribution in [0.1, 0.15) is 41.6 Å². The van der Waals surface area contributed by atoms with Gasteiger partial charge in [-0.05, 0) is 61.3 Å². The number of carbonyl (C=O) groups is 1. The molecule has 1 aromatic rings. The average Bonchev–Trinajstić information content (AvgIpc) is 3.36. The molecular weight excluding hydrogens is 300 g/mol. The van der Waals surface area contributed by atoms with Crippen LogP contribution in [0.5, 0.6) is 5.75 Å². The van der Waals surface area contributed by atoms with Crippen molar-refractivity contribution in [2.45, 2.75) is 38.1 Å². The number of rotatable bonds is 3. The molecule has 1 aromatic carbocycles. The number of ether oxygens (including phenoxy) is 1. The lowest BCUT2D eigenvalue weighted by molar-refractivity contribution is 0.0736. The number of hydrogen-bond donors (Lipinski definition) is 0. The van der Waals surface area contributed by atoms with Gasteiger partial charge < -0.3 is 9.64 Å². The molecule has 2 atom stereocenters. The Morgan fingerprint density at radius 3 is 2.92 bits per heavy atom. The minimum Gasteiger partial charge on any atom is -0.493 e. The number of carbonyl (C=O) groups excluding carboxylic acids is 1. The van der Waals surface area contributed by atoms with E-state index in [2.05, 4.69) is 15.9 Å². The summed E-state index contributed by atoms with van der Waals surface area (Å²) < 4.78 is 5.57. The molecule has 5 aliphatic rings. The monoisotopic (exact) mass is 326 g/mol. The molecular formula is C20H26N2O2. The molecule has 1 amide bonds. The molecule has 2 bridgehead atoms. The SMILES string of the molecule is O=C(c1ccc2c(c1)CCO2)N1C[C@H]2CC[C@@H](C1)N(CC1CC1)C2. The fourth-order valence-corrected chi connectivity index (χ4v) is 4.70.